The second-order valence-electron chi connectivity index (χ2n) is 5.25. The Morgan fingerprint density at radius 3 is 2.94 bits per heavy atom. The summed E-state index contributed by atoms with van der Waals surface area (Å²) < 4.78 is 5.40. The van der Waals surface area contributed by atoms with E-state index in [0.717, 1.165) is 17.6 Å². The van der Waals surface area contributed by atoms with Gasteiger partial charge in [-0.05, 0) is 44.8 Å². The van der Waals surface area contributed by atoms with E-state index in [1.165, 1.54) is 0 Å². The molecule has 2 aliphatic rings. The summed E-state index contributed by atoms with van der Waals surface area (Å²) in [6, 6.07) is 0. The molecule has 18 heavy (non-hydrogen) atoms. The van der Waals surface area contributed by atoms with Crippen LogP contribution in [0.25, 0.3) is 0 Å². The van der Waals surface area contributed by atoms with Crippen LogP contribution in [0.1, 0.15) is 33.1 Å². The second-order valence-corrected chi connectivity index (χ2v) is 5.25. The Balaban J connectivity index is 2.29. The molecule has 1 heterocycles. The SMILES string of the molecule is C=C(C)[C@H]1C/C=C(\C)[C@@H](O)CCC2=C[C@H]1OC2=O. The molecule has 3 nitrogen and oxygen atoms in total. The Hall–Kier alpha value is -1.35. The minimum atomic E-state index is -0.471. The van der Waals surface area contributed by atoms with Crippen LogP contribution in [0.3, 0.4) is 0 Å². The summed E-state index contributed by atoms with van der Waals surface area (Å²) in [5.41, 5.74) is 2.67. The van der Waals surface area contributed by atoms with Crippen molar-refractivity contribution in [3.8, 4) is 0 Å². The van der Waals surface area contributed by atoms with E-state index in [0.29, 0.717) is 18.4 Å². The van der Waals surface area contributed by atoms with Gasteiger partial charge in [0.1, 0.15) is 6.10 Å². The number of rotatable bonds is 1. The standard InChI is InChI=1S/C15H20O3/c1-9(2)12-6-4-10(3)13(16)7-5-11-8-14(12)18-15(11)17/h4,8,12-14,16H,1,5-7H2,2-3H3/b10-4+/t12-,13+,14-/m1/s1. The van der Waals surface area contributed by atoms with Gasteiger partial charge in [0.05, 0.1) is 6.10 Å². The van der Waals surface area contributed by atoms with Crippen LogP contribution < -0.4 is 0 Å². The third-order valence-corrected chi connectivity index (χ3v) is 3.81. The van der Waals surface area contributed by atoms with Crippen LogP contribution in [-0.4, -0.2) is 23.3 Å². The highest BCUT2D eigenvalue weighted by molar-refractivity contribution is 5.91. The highest BCUT2D eigenvalue weighted by atomic mass is 16.5. The molecular weight excluding hydrogens is 228 g/mol. The summed E-state index contributed by atoms with van der Waals surface area (Å²) in [5, 5.41) is 9.97. The van der Waals surface area contributed by atoms with E-state index < -0.39 is 6.10 Å². The molecule has 98 valence electrons. The zero-order valence-corrected chi connectivity index (χ0v) is 11.0. The van der Waals surface area contributed by atoms with Crippen molar-refractivity contribution in [3.05, 3.63) is 35.5 Å². The molecule has 3 heteroatoms. The molecule has 0 aromatic rings. The Labute approximate surface area is 108 Å². The number of ether oxygens (including phenoxy) is 1. The molecule has 0 amide bonds. The summed E-state index contributed by atoms with van der Waals surface area (Å²) in [4.78, 5) is 11.7. The van der Waals surface area contributed by atoms with Crippen molar-refractivity contribution in [1.82, 2.24) is 0 Å². The van der Waals surface area contributed by atoms with Crippen molar-refractivity contribution < 1.29 is 14.6 Å². The van der Waals surface area contributed by atoms with E-state index in [1.807, 2.05) is 26.0 Å². The molecular formula is C15H20O3. The van der Waals surface area contributed by atoms with Gasteiger partial charge in [0.2, 0.25) is 0 Å². The third kappa shape index (κ3) is 2.56. The zero-order valence-electron chi connectivity index (χ0n) is 11.0. The van der Waals surface area contributed by atoms with Crippen LogP contribution >= 0.6 is 0 Å². The number of carbonyl (C=O) groups excluding carboxylic acids is 1. The first-order valence-corrected chi connectivity index (χ1v) is 6.41. The predicted octanol–water partition coefficient (Wildman–Crippen LogP) is 2.52. The van der Waals surface area contributed by atoms with Crippen LogP contribution in [0.4, 0.5) is 0 Å². The number of allylic oxidation sites excluding steroid dienone is 1. The van der Waals surface area contributed by atoms with Gasteiger partial charge in [-0.15, -0.1) is 0 Å². The number of hydrogen-bond donors (Lipinski definition) is 1. The lowest BCUT2D eigenvalue weighted by molar-refractivity contribution is -0.141. The normalized spacial score (nSPS) is 35.3. The molecule has 2 bridgehead atoms. The van der Waals surface area contributed by atoms with Crippen molar-refractivity contribution >= 4 is 5.97 Å². The minimum Gasteiger partial charge on any atom is -0.454 e. The van der Waals surface area contributed by atoms with Gasteiger partial charge < -0.3 is 9.84 Å². The van der Waals surface area contributed by atoms with Crippen LogP contribution in [0.5, 0.6) is 0 Å². The highest BCUT2D eigenvalue weighted by Gasteiger charge is 2.32. The Kier molecular flexibility index (Phi) is 3.71. The number of fused-ring (bicyclic) bond motifs is 1. The fraction of sp³-hybridized carbons (Fsp3) is 0.533. The number of aliphatic hydroxyl groups excluding tert-OH is 1. The summed E-state index contributed by atoms with van der Waals surface area (Å²) >= 11 is 0. The van der Waals surface area contributed by atoms with Crippen LogP contribution in [0.2, 0.25) is 0 Å². The molecule has 0 fully saturated rings. The summed E-state index contributed by atoms with van der Waals surface area (Å²) in [6.07, 6.45) is 5.18. The van der Waals surface area contributed by atoms with E-state index >= 15 is 0 Å². The topological polar surface area (TPSA) is 46.5 Å². The lowest BCUT2D eigenvalue weighted by atomic mass is 9.88. The van der Waals surface area contributed by atoms with Crippen molar-refractivity contribution in [3.63, 3.8) is 0 Å². The molecule has 0 radical (unpaired) electrons. The van der Waals surface area contributed by atoms with Gasteiger partial charge in [-0.1, -0.05) is 18.2 Å². The molecule has 1 aliphatic carbocycles. The van der Waals surface area contributed by atoms with Crippen molar-refractivity contribution in [2.24, 2.45) is 5.92 Å². The van der Waals surface area contributed by atoms with Gasteiger partial charge in [-0.3, -0.25) is 0 Å². The monoisotopic (exact) mass is 248 g/mol. The number of aliphatic hydroxyl groups is 1. The maximum absolute atomic E-state index is 11.7. The predicted molar refractivity (Wildman–Crippen MR) is 69.9 cm³/mol. The lowest BCUT2D eigenvalue weighted by Crippen LogP contribution is -2.21. The van der Waals surface area contributed by atoms with E-state index in [-0.39, 0.29) is 18.0 Å². The Bertz CT molecular complexity index is 431. The van der Waals surface area contributed by atoms with Crippen molar-refractivity contribution in [1.29, 1.82) is 0 Å². The first kappa shape index (κ1) is 13.1. The van der Waals surface area contributed by atoms with E-state index in [1.54, 1.807) is 0 Å². The number of carbonyl (C=O) groups is 1. The van der Waals surface area contributed by atoms with Gasteiger partial charge >= 0.3 is 5.97 Å². The molecule has 3 atom stereocenters. The van der Waals surface area contributed by atoms with Gasteiger partial charge in [-0.2, -0.15) is 0 Å². The quantitative estimate of drug-likeness (QED) is 0.573. The largest absolute Gasteiger partial charge is 0.454 e. The average Bonchev–Trinajstić information content (AvgIpc) is 2.66. The maximum atomic E-state index is 11.7. The van der Waals surface area contributed by atoms with Gasteiger partial charge in [0.25, 0.3) is 0 Å². The Morgan fingerprint density at radius 2 is 2.28 bits per heavy atom. The highest BCUT2D eigenvalue weighted by Crippen LogP contribution is 2.31. The van der Waals surface area contributed by atoms with Crippen LogP contribution in [0.15, 0.2) is 35.5 Å². The molecule has 0 spiro atoms. The fourth-order valence-corrected chi connectivity index (χ4v) is 2.47. The number of hydrogen-bond acceptors (Lipinski definition) is 3. The second kappa shape index (κ2) is 5.11. The lowest BCUT2D eigenvalue weighted by Gasteiger charge is -2.21. The van der Waals surface area contributed by atoms with E-state index in [4.69, 9.17) is 4.74 Å². The summed E-state index contributed by atoms with van der Waals surface area (Å²) in [6.45, 7) is 7.86. The smallest absolute Gasteiger partial charge is 0.334 e. The van der Waals surface area contributed by atoms with E-state index in [9.17, 15) is 9.90 Å². The molecule has 0 saturated heterocycles. The summed E-state index contributed by atoms with van der Waals surface area (Å²) in [5.74, 6) is -0.135. The number of esters is 1. The minimum absolute atomic E-state index is 0.103. The molecule has 0 unspecified atom stereocenters. The Morgan fingerprint density at radius 1 is 1.56 bits per heavy atom. The fourth-order valence-electron chi connectivity index (χ4n) is 2.47. The third-order valence-electron chi connectivity index (χ3n) is 3.81. The molecule has 0 saturated carbocycles. The molecule has 1 aliphatic heterocycles. The van der Waals surface area contributed by atoms with Crippen molar-refractivity contribution in [2.45, 2.75) is 45.3 Å². The van der Waals surface area contributed by atoms with E-state index in [2.05, 4.69) is 6.58 Å². The maximum Gasteiger partial charge on any atom is 0.334 e. The van der Waals surface area contributed by atoms with Crippen LogP contribution in [0, 0.1) is 5.92 Å². The zero-order chi connectivity index (χ0) is 13.3. The molecule has 0 aromatic heterocycles. The molecule has 0 aromatic carbocycles. The first-order chi connectivity index (χ1) is 8.49. The average molecular weight is 248 g/mol. The molecule has 2 rings (SSSR count). The van der Waals surface area contributed by atoms with Gasteiger partial charge in [0.15, 0.2) is 0 Å². The van der Waals surface area contributed by atoms with Crippen LogP contribution in [-0.2, 0) is 9.53 Å². The molecule has 1 N–H and O–H groups in total. The van der Waals surface area contributed by atoms with Gasteiger partial charge in [0, 0.05) is 11.5 Å². The van der Waals surface area contributed by atoms with Gasteiger partial charge in [-0.25, -0.2) is 4.79 Å². The van der Waals surface area contributed by atoms with Crippen molar-refractivity contribution in [2.75, 3.05) is 0 Å². The first-order valence-electron chi connectivity index (χ1n) is 6.41. The summed E-state index contributed by atoms with van der Waals surface area (Å²) in [7, 11) is 0.